The Balaban J connectivity index is 1.92. The van der Waals surface area contributed by atoms with E-state index in [0.29, 0.717) is 42.3 Å². The summed E-state index contributed by atoms with van der Waals surface area (Å²) in [5.41, 5.74) is 0.952. The molecule has 2 amide bonds. The Morgan fingerprint density at radius 1 is 1.05 bits per heavy atom. The van der Waals surface area contributed by atoms with Gasteiger partial charge < -0.3 is 0 Å². The SMILES string of the molecule is O=C(CBr)CCCCN1C(=O)c2ccccc2C1=O. The van der Waals surface area contributed by atoms with Gasteiger partial charge in [-0.05, 0) is 25.0 Å². The molecule has 1 aliphatic heterocycles. The molecule has 0 fully saturated rings. The van der Waals surface area contributed by atoms with Crippen molar-refractivity contribution in [1.29, 1.82) is 0 Å². The summed E-state index contributed by atoms with van der Waals surface area (Å²) in [6, 6.07) is 6.85. The van der Waals surface area contributed by atoms with Gasteiger partial charge in [0.1, 0.15) is 5.78 Å². The maximum atomic E-state index is 12.0. The molecule has 1 aromatic carbocycles. The Morgan fingerprint density at radius 2 is 1.63 bits per heavy atom. The average molecular weight is 324 g/mol. The lowest BCUT2D eigenvalue weighted by atomic mass is 10.1. The number of halogens is 1. The Kier molecular flexibility index (Phi) is 4.47. The Labute approximate surface area is 119 Å². The summed E-state index contributed by atoms with van der Waals surface area (Å²) in [6.07, 6.45) is 1.83. The number of imide groups is 1. The standard InChI is InChI=1S/C14H14BrNO3/c15-9-10(17)5-3-4-8-16-13(18)11-6-1-2-7-12(11)14(16)19/h1-2,6-7H,3-5,8-9H2. The first-order valence-corrected chi connectivity index (χ1v) is 7.30. The maximum absolute atomic E-state index is 12.0. The van der Waals surface area contributed by atoms with Crippen LogP contribution in [0.4, 0.5) is 0 Å². The highest BCUT2D eigenvalue weighted by Gasteiger charge is 2.34. The average Bonchev–Trinajstić information content (AvgIpc) is 2.68. The Hall–Kier alpha value is -1.49. The molecular formula is C14H14BrNO3. The molecule has 1 heterocycles. The van der Waals surface area contributed by atoms with E-state index >= 15 is 0 Å². The predicted molar refractivity (Wildman–Crippen MR) is 74.5 cm³/mol. The van der Waals surface area contributed by atoms with Crippen LogP contribution < -0.4 is 0 Å². The number of fused-ring (bicyclic) bond motifs is 1. The first kappa shape index (κ1) is 13.9. The zero-order valence-corrected chi connectivity index (χ0v) is 12.0. The molecule has 5 heteroatoms. The number of Topliss-reactive ketones (excluding diaryl/α,β-unsaturated/α-hetero) is 1. The number of rotatable bonds is 6. The molecule has 0 N–H and O–H groups in total. The minimum atomic E-state index is -0.229. The van der Waals surface area contributed by atoms with Crippen LogP contribution in [-0.2, 0) is 4.79 Å². The lowest BCUT2D eigenvalue weighted by Gasteiger charge is -2.13. The van der Waals surface area contributed by atoms with E-state index in [-0.39, 0.29) is 17.6 Å². The molecule has 0 unspecified atom stereocenters. The molecule has 0 spiro atoms. The molecule has 0 atom stereocenters. The second kappa shape index (κ2) is 6.10. The first-order chi connectivity index (χ1) is 9.15. The van der Waals surface area contributed by atoms with Crippen LogP contribution in [0.5, 0.6) is 0 Å². The summed E-state index contributed by atoms with van der Waals surface area (Å²) < 4.78 is 0. The third-order valence-corrected chi connectivity index (χ3v) is 3.74. The third-order valence-electron chi connectivity index (χ3n) is 3.11. The van der Waals surface area contributed by atoms with Gasteiger partial charge in [0, 0.05) is 13.0 Å². The van der Waals surface area contributed by atoms with Crippen LogP contribution in [0.3, 0.4) is 0 Å². The van der Waals surface area contributed by atoms with Crippen molar-refractivity contribution in [2.45, 2.75) is 19.3 Å². The van der Waals surface area contributed by atoms with Crippen LogP contribution in [0.15, 0.2) is 24.3 Å². The fraction of sp³-hybridized carbons (Fsp3) is 0.357. The van der Waals surface area contributed by atoms with Gasteiger partial charge in [0.25, 0.3) is 11.8 Å². The monoisotopic (exact) mass is 323 g/mol. The van der Waals surface area contributed by atoms with E-state index in [1.54, 1.807) is 24.3 Å². The summed E-state index contributed by atoms with van der Waals surface area (Å²) in [5.74, 6) is -0.317. The van der Waals surface area contributed by atoms with Crippen LogP contribution >= 0.6 is 15.9 Å². The van der Waals surface area contributed by atoms with Crippen molar-refractivity contribution in [2.75, 3.05) is 11.9 Å². The largest absolute Gasteiger partial charge is 0.299 e. The number of benzene rings is 1. The molecule has 0 radical (unpaired) electrons. The van der Waals surface area contributed by atoms with Gasteiger partial charge in [-0.2, -0.15) is 0 Å². The highest BCUT2D eigenvalue weighted by Crippen LogP contribution is 2.22. The number of unbranched alkanes of at least 4 members (excludes halogenated alkanes) is 1. The fourth-order valence-electron chi connectivity index (χ4n) is 2.10. The summed E-state index contributed by atoms with van der Waals surface area (Å²) in [6.45, 7) is 0.377. The van der Waals surface area contributed by atoms with Crippen molar-refractivity contribution >= 4 is 33.5 Å². The summed E-state index contributed by atoms with van der Waals surface area (Å²) in [7, 11) is 0. The zero-order valence-electron chi connectivity index (χ0n) is 10.4. The van der Waals surface area contributed by atoms with Gasteiger partial charge in [-0.25, -0.2) is 0 Å². The van der Waals surface area contributed by atoms with Crippen LogP contribution in [-0.4, -0.2) is 34.4 Å². The van der Waals surface area contributed by atoms with Crippen LogP contribution in [0.25, 0.3) is 0 Å². The fourth-order valence-corrected chi connectivity index (χ4v) is 2.38. The quantitative estimate of drug-likeness (QED) is 0.459. The molecule has 0 saturated carbocycles. The lowest BCUT2D eigenvalue weighted by molar-refractivity contribution is -0.116. The van der Waals surface area contributed by atoms with E-state index in [0.717, 1.165) is 0 Å². The molecule has 0 bridgehead atoms. The van der Waals surface area contributed by atoms with Gasteiger partial charge in [-0.15, -0.1) is 0 Å². The normalized spacial score (nSPS) is 13.8. The molecule has 1 aliphatic rings. The second-order valence-corrected chi connectivity index (χ2v) is 5.00. The van der Waals surface area contributed by atoms with Gasteiger partial charge in [-0.3, -0.25) is 19.3 Å². The molecular weight excluding hydrogens is 310 g/mol. The molecule has 0 aliphatic carbocycles. The second-order valence-electron chi connectivity index (χ2n) is 4.44. The predicted octanol–water partition coefficient (Wildman–Crippen LogP) is 2.42. The lowest BCUT2D eigenvalue weighted by Crippen LogP contribution is -2.30. The highest BCUT2D eigenvalue weighted by atomic mass is 79.9. The van der Waals surface area contributed by atoms with Crippen LogP contribution in [0.2, 0.25) is 0 Å². The smallest absolute Gasteiger partial charge is 0.261 e. The molecule has 2 rings (SSSR count). The van der Waals surface area contributed by atoms with E-state index in [2.05, 4.69) is 15.9 Å². The number of amides is 2. The Morgan fingerprint density at radius 3 is 2.16 bits per heavy atom. The van der Waals surface area contributed by atoms with E-state index in [1.807, 2.05) is 0 Å². The molecule has 100 valence electrons. The molecule has 19 heavy (non-hydrogen) atoms. The summed E-state index contributed by atoms with van der Waals surface area (Å²) >= 11 is 3.10. The molecule has 1 aromatic rings. The minimum absolute atomic E-state index is 0.141. The van der Waals surface area contributed by atoms with E-state index < -0.39 is 0 Å². The van der Waals surface area contributed by atoms with Gasteiger partial charge >= 0.3 is 0 Å². The number of nitrogens with zero attached hydrogens (tertiary/aromatic N) is 1. The molecule has 0 saturated heterocycles. The van der Waals surface area contributed by atoms with Gasteiger partial charge in [0.2, 0.25) is 0 Å². The van der Waals surface area contributed by atoms with E-state index in [1.165, 1.54) is 4.90 Å². The number of ketones is 1. The number of carbonyl (C=O) groups is 3. The van der Waals surface area contributed by atoms with Crippen molar-refractivity contribution in [1.82, 2.24) is 4.90 Å². The minimum Gasteiger partial charge on any atom is -0.299 e. The summed E-state index contributed by atoms with van der Waals surface area (Å²) in [5, 5.41) is 0.361. The topological polar surface area (TPSA) is 54.5 Å². The van der Waals surface area contributed by atoms with E-state index in [9.17, 15) is 14.4 Å². The Bertz CT molecular complexity index is 492. The number of carbonyl (C=O) groups excluding carboxylic acids is 3. The first-order valence-electron chi connectivity index (χ1n) is 6.18. The van der Waals surface area contributed by atoms with Crippen molar-refractivity contribution in [2.24, 2.45) is 0 Å². The van der Waals surface area contributed by atoms with Crippen molar-refractivity contribution < 1.29 is 14.4 Å². The number of hydrogen-bond acceptors (Lipinski definition) is 3. The number of alkyl halides is 1. The van der Waals surface area contributed by atoms with Gasteiger partial charge in [-0.1, -0.05) is 28.1 Å². The maximum Gasteiger partial charge on any atom is 0.261 e. The van der Waals surface area contributed by atoms with Crippen molar-refractivity contribution in [3.63, 3.8) is 0 Å². The molecule has 4 nitrogen and oxygen atoms in total. The van der Waals surface area contributed by atoms with Crippen molar-refractivity contribution in [3.8, 4) is 0 Å². The van der Waals surface area contributed by atoms with Crippen LogP contribution in [0.1, 0.15) is 40.0 Å². The third kappa shape index (κ3) is 2.92. The van der Waals surface area contributed by atoms with Crippen molar-refractivity contribution in [3.05, 3.63) is 35.4 Å². The number of hydrogen-bond donors (Lipinski definition) is 0. The highest BCUT2D eigenvalue weighted by molar-refractivity contribution is 9.09. The molecule has 0 aromatic heterocycles. The summed E-state index contributed by atoms with van der Waals surface area (Å²) in [4.78, 5) is 36.4. The van der Waals surface area contributed by atoms with E-state index in [4.69, 9.17) is 0 Å². The van der Waals surface area contributed by atoms with Crippen LogP contribution in [0, 0.1) is 0 Å². The van der Waals surface area contributed by atoms with Gasteiger partial charge in [0.15, 0.2) is 0 Å². The van der Waals surface area contributed by atoms with Gasteiger partial charge in [0.05, 0.1) is 16.5 Å². The zero-order chi connectivity index (χ0) is 13.8.